The number of aromatic nitrogens is 3. The van der Waals surface area contributed by atoms with Crippen molar-refractivity contribution in [2.75, 3.05) is 0 Å². The normalized spacial score (nSPS) is 14.4. The Balaban J connectivity index is 2.16. The summed E-state index contributed by atoms with van der Waals surface area (Å²) in [6.45, 7) is 5.06. The summed E-state index contributed by atoms with van der Waals surface area (Å²) in [4.78, 5) is 28.7. The Morgan fingerprint density at radius 3 is 2.41 bits per heavy atom. The lowest BCUT2D eigenvalue weighted by atomic mass is 10.1. The maximum atomic E-state index is 13.1. The van der Waals surface area contributed by atoms with Gasteiger partial charge in [-0.15, -0.1) is 0 Å². The highest BCUT2D eigenvalue weighted by molar-refractivity contribution is 5.70. The lowest BCUT2D eigenvalue weighted by molar-refractivity contribution is -0.142. The van der Waals surface area contributed by atoms with E-state index in [9.17, 15) is 27.9 Å². The molecule has 32 heavy (non-hydrogen) atoms. The second kappa shape index (κ2) is 8.89. The molecule has 2 N–H and O–H groups in total. The Morgan fingerprint density at radius 1 is 1.16 bits per heavy atom. The van der Waals surface area contributed by atoms with E-state index in [1.54, 1.807) is 6.92 Å². The van der Waals surface area contributed by atoms with E-state index in [1.165, 1.54) is 23.6 Å². The Morgan fingerprint density at radius 2 is 1.81 bits per heavy atom. The highest BCUT2D eigenvalue weighted by Crippen LogP contribution is 2.31. The lowest BCUT2D eigenvalue weighted by Crippen LogP contribution is -2.33. The number of rotatable bonds is 6. The SMILES string of the molecule is Cc1ccc(Cn2c(=O)n([C@@H](C)[C@@H](C)C(=O)O)[nH]/c2=N\c2cccc(C(F)(F)F)c2)cc1. The standard InChI is InChI=1S/C22H23F3N4O3/c1-13-7-9-16(10-8-13)12-28-20(26-18-6-4-5-17(11-18)22(23,24)25)27-29(21(28)32)15(3)14(2)19(30)31/h4-11,14-15H,12H2,1-3H3,(H,26,27)(H,30,31)/t14-,15+/m1/s1. The molecule has 0 bridgehead atoms. The molecule has 1 aromatic heterocycles. The van der Waals surface area contributed by atoms with E-state index in [0.29, 0.717) is 0 Å². The molecule has 0 aliphatic carbocycles. The van der Waals surface area contributed by atoms with Gasteiger partial charge in [0.1, 0.15) is 0 Å². The number of aryl methyl sites for hydroxylation is 1. The molecule has 2 aromatic carbocycles. The zero-order valence-corrected chi connectivity index (χ0v) is 17.7. The number of hydrogen-bond donors (Lipinski definition) is 2. The van der Waals surface area contributed by atoms with Crippen molar-refractivity contribution in [3.63, 3.8) is 0 Å². The third-order valence-corrected chi connectivity index (χ3v) is 5.30. The number of nitrogens with zero attached hydrogens (tertiary/aromatic N) is 3. The second-order valence-electron chi connectivity index (χ2n) is 7.69. The summed E-state index contributed by atoms with van der Waals surface area (Å²) < 4.78 is 41.7. The summed E-state index contributed by atoms with van der Waals surface area (Å²) in [6, 6.07) is 11.1. The molecule has 3 aromatic rings. The molecular weight excluding hydrogens is 425 g/mol. The van der Waals surface area contributed by atoms with Crippen LogP contribution in [0.25, 0.3) is 0 Å². The molecule has 0 unspecified atom stereocenters. The molecule has 0 fully saturated rings. The number of carbonyl (C=O) groups is 1. The van der Waals surface area contributed by atoms with Crippen LogP contribution in [-0.2, 0) is 17.5 Å². The van der Waals surface area contributed by atoms with Crippen molar-refractivity contribution in [1.82, 2.24) is 14.3 Å². The highest BCUT2D eigenvalue weighted by atomic mass is 19.4. The number of nitrogens with one attached hydrogen (secondary N) is 1. The summed E-state index contributed by atoms with van der Waals surface area (Å²) in [7, 11) is 0. The van der Waals surface area contributed by atoms with Gasteiger partial charge in [-0.2, -0.15) is 13.2 Å². The Bertz CT molecular complexity index is 1240. The van der Waals surface area contributed by atoms with Gasteiger partial charge in [-0.3, -0.25) is 14.5 Å². The van der Waals surface area contributed by atoms with Crippen LogP contribution < -0.4 is 11.3 Å². The molecule has 0 radical (unpaired) electrons. The summed E-state index contributed by atoms with van der Waals surface area (Å²) in [5.74, 6) is -1.97. The Hall–Kier alpha value is -3.56. The molecule has 0 saturated carbocycles. The number of alkyl halides is 3. The number of hydrogen-bond acceptors (Lipinski definition) is 3. The quantitative estimate of drug-likeness (QED) is 0.600. The minimum Gasteiger partial charge on any atom is -0.481 e. The first kappa shape index (κ1) is 23.1. The Kier molecular flexibility index (Phi) is 6.42. The minimum absolute atomic E-state index is 0.00446. The van der Waals surface area contributed by atoms with Crippen molar-refractivity contribution in [2.45, 2.75) is 39.5 Å². The molecule has 1 heterocycles. The monoisotopic (exact) mass is 448 g/mol. The van der Waals surface area contributed by atoms with Crippen LogP contribution in [-0.4, -0.2) is 25.4 Å². The van der Waals surface area contributed by atoms with Gasteiger partial charge in [-0.1, -0.05) is 35.9 Å². The molecule has 3 rings (SSSR count). The molecule has 0 aliphatic heterocycles. The molecule has 7 nitrogen and oxygen atoms in total. The number of carboxylic acid groups (broad SMARTS) is 1. The van der Waals surface area contributed by atoms with Gasteiger partial charge in [-0.25, -0.2) is 14.5 Å². The average Bonchev–Trinajstić information content (AvgIpc) is 3.03. The zero-order chi connectivity index (χ0) is 23.6. The number of benzene rings is 2. The van der Waals surface area contributed by atoms with Gasteiger partial charge in [0, 0.05) is 0 Å². The number of aromatic amines is 1. The van der Waals surface area contributed by atoms with Gasteiger partial charge in [-0.05, 0) is 44.5 Å². The molecule has 2 atom stereocenters. The largest absolute Gasteiger partial charge is 0.481 e. The highest BCUT2D eigenvalue weighted by Gasteiger charge is 2.30. The van der Waals surface area contributed by atoms with E-state index in [-0.39, 0.29) is 17.9 Å². The van der Waals surface area contributed by atoms with Crippen molar-refractivity contribution in [3.8, 4) is 0 Å². The zero-order valence-electron chi connectivity index (χ0n) is 17.7. The fraction of sp³-hybridized carbons (Fsp3) is 0.318. The van der Waals surface area contributed by atoms with Crippen LogP contribution in [0.15, 0.2) is 58.3 Å². The molecule has 10 heteroatoms. The van der Waals surface area contributed by atoms with Crippen LogP contribution in [0.4, 0.5) is 18.9 Å². The first-order chi connectivity index (χ1) is 15.0. The summed E-state index contributed by atoms with van der Waals surface area (Å²) in [5, 5.41) is 12.1. The van der Waals surface area contributed by atoms with Crippen molar-refractivity contribution in [3.05, 3.63) is 81.3 Å². The van der Waals surface area contributed by atoms with Gasteiger partial charge in [0.05, 0.1) is 29.8 Å². The minimum atomic E-state index is -4.53. The first-order valence-electron chi connectivity index (χ1n) is 9.89. The topological polar surface area (TPSA) is 92.4 Å². The summed E-state index contributed by atoms with van der Waals surface area (Å²) >= 11 is 0. The number of halogens is 3. The van der Waals surface area contributed by atoms with E-state index >= 15 is 0 Å². The maximum Gasteiger partial charge on any atom is 0.416 e. The fourth-order valence-corrected chi connectivity index (χ4v) is 3.12. The van der Waals surface area contributed by atoms with Crippen molar-refractivity contribution in [2.24, 2.45) is 10.9 Å². The van der Waals surface area contributed by atoms with Gasteiger partial charge in [0.15, 0.2) is 0 Å². The van der Waals surface area contributed by atoms with Gasteiger partial charge >= 0.3 is 17.8 Å². The van der Waals surface area contributed by atoms with Crippen LogP contribution in [0.1, 0.15) is 36.6 Å². The van der Waals surface area contributed by atoms with Gasteiger partial charge in [0.2, 0.25) is 5.62 Å². The predicted molar refractivity (Wildman–Crippen MR) is 112 cm³/mol. The summed E-state index contributed by atoms with van der Waals surface area (Å²) in [6.07, 6.45) is -4.53. The molecular formula is C22H23F3N4O3. The third-order valence-electron chi connectivity index (χ3n) is 5.30. The molecule has 170 valence electrons. The molecule has 0 aliphatic rings. The van der Waals surface area contributed by atoms with Crippen LogP contribution in [0.2, 0.25) is 0 Å². The van der Waals surface area contributed by atoms with Crippen molar-refractivity contribution < 1.29 is 23.1 Å². The van der Waals surface area contributed by atoms with Crippen LogP contribution in [0.5, 0.6) is 0 Å². The van der Waals surface area contributed by atoms with Gasteiger partial charge in [0.25, 0.3) is 0 Å². The number of carboxylic acids is 1. The number of H-pyrrole nitrogens is 1. The van der Waals surface area contributed by atoms with E-state index in [2.05, 4.69) is 10.1 Å². The van der Waals surface area contributed by atoms with Crippen molar-refractivity contribution in [1.29, 1.82) is 0 Å². The Labute approximate surface area is 181 Å². The predicted octanol–water partition coefficient (Wildman–Crippen LogP) is 3.87. The molecule has 0 saturated heterocycles. The average molecular weight is 448 g/mol. The van der Waals surface area contributed by atoms with Gasteiger partial charge < -0.3 is 5.11 Å². The van der Waals surface area contributed by atoms with E-state index in [4.69, 9.17) is 0 Å². The van der Waals surface area contributed by atoms with Crippen LogP contribution in [0, 0.1) is 12.8 Å². The van der Waals surface area contributed by atoms with Crippen LogP contribution in [0.3, 0.4) is 0 Å². The third kappa shape index (κ3) is 5.01. The van der Waals surface area contributed by atoms with Crippen molar-refractivity contribution >= 4 is 11.7 Å². The fourth-order valence-electron chi connectivity index (χ4n) is 3.12. The maximum absolute atomic E-state index is 13.1. The second-order valence-corrected chi connectivity index (χ2v) is 7.69. The van der Waals surface area contributed by atoms with Crippen LogP contribution >= 0.6 is 0 Å². The summed E-state index contributed by atoms with van der Waals surface area (Å²) in [5.41, 5.74) is 0.422. The van der Waals surface area contributed by atoms with E-state index in [1.807, 2.05) is 31.2 Å². The molecule has 0 amide bonds. The van der Waals surface area contributed by atoms with E-state index in [0.717, 1.165) is 27.9 Å². The molecule has 0 spiro atoms. The van der Waals surface area contributed by atoms with E-state index < -0.39 is 35.4 Å². The first-order valence-corrected chi connectivity index (χ1v) is 9.89. The smallest absolute Gasteiger partial charge is 0.416 e. The lowest BCUT2D eigenvalue weighted by Gasteiger charge is -2.15. The number of aliphatic carboxylic acids is 1.